The fourth-order valence-electron chi connectivity index (χ4n) is 4.30. The molecule has 0 spiro atoms. The number of nitrogens with zero attached hydrogens (tertiary/aromatic N) is 2. The van der Waals surface area contributed by atoms with Gasteiger partial charge in [0.05, 0.1) is 0 Å². The third kappa shape index (κ3) is 4.94. The third-order valence-corrected chi connectivity index (χ3v) is 5.53. The van der Waals surface area contributed by atoms with Crippen molar-refractivity contribution < 1.29 is 0 Å². The summed E-state index contributed by atoms with van der Waals surface area (Å²) in [6.07, 6.45) is 5.74. The first-order valence-corrected chi connectivity index (χ1v) is 9.22. The first-order valence-electron chi connectivity index (χ1n) is 9.22. The molecular formula is C18H37N3. The van der Waals surface area contributed by atoms with Crippen LogP contribution in [0.15, 0.2) is 0 Å². The smallest absolute Gasteiger partial charge is 0.0195 e. The summed E-state index contributed by atoms with van der Waals surface area (Å²) in [5.74, 6) is 0.761. The quantitative estimate of drug-likeness (QED) is 0.779. The monoisotopic (exact) mass is 295 g/mol. The zero-order valence-corrected chi connectivity index (χ0v) is 14.8. The van der Waals surface area contributed by atoms with E-state index in [1.54, 1.807) is 0 Å². The number of rotatable bonds is 7. The highest BCUT2D eigenvalue weighted by atomic mass is 15.3. The van der Waals surface area contributed by atoms with Gasteiger partial charge in [0.15, 0.2) is 0 Å². The van der Waals surface area contributed by atoms with Crippen molar-refractivity contribution in [3.63, 3.8) is 0 Å². The van der Waals surface area contributed by atoms with Crippen molar-refractivity contribution in [2.24, 2.45) is 11.3 Å². The number of piperazine rings is 1. The summed E-state index contributed by atoms with van der Waals surface area (Å²) in [5.41, 5.74) is 0.559. The maximum atomic E-state index is 3.75. The number of hydrogen-bond acceptors (Lipinski definition) is 3. The predicted molar refractivity (Wildman–Crippen MR) is 91.8 cm³/mol. The van der Waals surface area contributed by atoms with E-state index in [0.717, 1.165) is 12.0 Å². The van der Waals surface area contributed by atoms with Crippen LogP contribution in [0, 0.1) is 11.3 Å². The fraction of sp³-hybridized carbons (Fsp3) is 1.00. The van der Waals surface area contributed by atoms with Crippen LogP contribution < -0.4 is 5.32 Å². The maximum absolute atomic E-state index is 3.75. The van der Waals surface area contributed by atoms with Crippen LogP contribution in [-0.4, -0.2) is 61.7 Å². The standard InChI is InChI=1S/C18H37N3/c1-5-21-11-10-20(13-17(21)4)15-18(8-6-7-9-18)14-19-12-16(2)3/h16-17,19H,5-15H2,1-4H3. The molecule has 1 aliphatic heterocycles. The van der Waals surface area contributed by atoms with Crippen molar-refractivity contribution in [3.8, 4) is 0 Å². The van der Waals surface area contributed by atoms with Gasteiger partial charge in [-0.15, -0.1) is 0 Å². The SMILES string of the molecule is CCN1CCN(CC2(CNCC(C)C)CCCC2)CC1C. The minimum Gasteiger partial charge on any atom is -0.316 e. The van der Waals surface area contributed by atoms with E-state index in [1.165, 1.54) is 71.5 Å². The molecule has 21 heavy (non-hydrogen) atoms. The predicted octanol–water partition coefficient (Wildman–Crippen LogP) is 2.82. The number of hydrogen-bond donors (Lipinski definition) is 1. The minimum atomic E-state index is 0.559. The minimum absolute atomic E-state index is 0.559. The molecule has 2 aliphatic rings. The average molecular weight is 296 g/mol. The molecule has 2 fully saturated rings. The van der Waals surface area contributed by atoms with Crippen molar-refractivity contribution in [2.75, 3.05) is 45.8 Å². The van der Waals surface area contributed by atoms with Gasteiger partial charge in [-0.1, -0.05) is 33.6 Å². The number of likely N-dealkylation sites (N-methyl/N-ethyl adjacent to an activating group) is 1. The molecule has 1 saturated heterocycles. The Morgan fingerprint density at radius 2 is 1.90 bits per heavy atom. The Hall–Kier alpha value is -0.120. The van der Waals surface area contributed by atoms with E-state index in [1.807, 2.05) is 0 Å². The van der Waals surface area contributed by atoms with Gasteiger partial charge < -0.3 is 5.32 Å². The second-order valence-corrected chi connectivity index (χ2v) is 7.94. The third-order valence-electron chi connectivity index (χ3n) is 5.53. The molecule has 1 aliphatic carbocycles. The molecule has 1 saturated carbocycles. The average Bonchev–Trinajstić information content (AvgIpc) is 2.87. The summed E-state index contributed by atoms with van der Waals surface area (Å²) in [7, 11) is 0. The molecule has 0 radical (unpaired) electrons. The molecule has 2 rings (SSSR count). The maximum Gasteiger partial charge on any atom is 0.0195 e. The van der Waals surface area contributed by atoms with Gasteiger partial charge in [0, 0.05) is 38.8 Å². The van der Waals surface area contributed by atoms with Crippen molar-refractivity contribution in [3.05, 3.63) is 0 Å². The molecule has 1 heterocycles. The summed E-state index contributed by atoms with van der Waals surface area (Å²) in [6, 6.07) is 0.728. The van der Waals surface area contributed by atoms with Gasteiger partial charge in [0.2, 0.25) is 0 Å². The van der Waals surface area contributed by atoms with Crippen LogP contribution in [0.25, 0.3) is 0 Å². The van der Waals surface area contributed by atoms with E-state index in [2.05, 4.69) is 42.8 Å². The summed E-state index contributed by atoms with van der Waals surface area (Å²) in [6.45, 7) is 18.0. The molecule has 1 N–H and O–H groups in total. The Labute approximate surface area is 132 Å². The molecule has 124 valence electrons. The van der Waals surface area contributed by atoms with Gasteiger partial charge in [-0.2, -0.15) is 0 Å². The van der Waals surface area contributed by atoms with E-state index >= 15 is 0 Å². The van der Waals surface area contributed by atoms with Gasteiger partial charge in [-0.3, -0.25) is 9.80 Å². The Balaban J connectivity index is 1.85. The fourth-order valence-corrected chi connectivity index (χ4v) is 4.30. The lowest BCUT2D eigenvalue weighted by Gasteiger charge is -2.43. The zero-order valence-electron chi connectivity index (χ0n) is 14.8. The second kappa shape index (κ2) is 7.94. The Bertz CT molecular complexity index is 297. The molecular weight excluding hydrogens is 258 g/mol. The summed E-state index contributed by atoms with van der Waals surface area (Å²) >= 11 is 0. The summed E-state index contributed by atoms with van der Waals surface area (Å²) in [4.78, 5) is 5.37. The lowest BCUT2D eigenvalue weighted by molar-refractivity contribution is 0.0541. The molecule has 0 aromatic heterocycles. The Kier molecular flexibility index (Phi) is 6.51. The van der Waals surface area contributed by atoms with Crippen molar-refractivity contribution in [2.45, 2.75) is 59.4 Å². The van der Waals surface area contributed by atoms with Gasteiger partial charge in [-0.05, 0) is 44.2 Å². The van der Waals surface area contributed by atoms with Gasteiger partial charge in [0.25, 0.3) is 0 Å². The normalized spacial score (nSPS) is 27.6. The summed E-state index contributed by atoms with van der Waals surface area (Å²) in [5, 5.41) is 3.75. The largest absolute Gasteiger partial charge is 0.316 e. The van der Waals surface area contributed by atoms with Crippen LogP contribution in [0.5, 0.6) is 0 Å². The Morgan fingerprint density at radius 3 is 2.48 bits per heavy atom. The topological polar surface area (TPSA) is 18.5 Å². The molecule has 1 atom stereocenters. The highest BCUT2D eigenvalue weighted by molar-refractivity contribution is 4.91. The van der Waals surface area contributed by atoms with Gasteiger partial charge in [-0.25, -0.2) is 0 Å². The van der Waals surface area contributed by atoms with Gasteiger partial charge in [0.1, 0.15) is 0 Å². The van der Waals surface area contributed by atoms with E-state index < -0.39 is 0 Å². The van der Waals surface area contributed by atoms with Crippen molar-refractivity contribution in [1.29, 1.82) is 0 Å². The first kappa shape index (κ1) is 17.2. The van der Waals surface area contributed by atoms with Crippen LogP contribution in [0.1, 0.15) is 53.4 Å². The molecule has 1 unspecified atom stereocenters. The molecule has 0 bridgehead atoms. The molecule has 3 heteroatoms. The summed E-state index contributed by atoms with van der Waals surface area (Å²) < 4.78 is 0. The molecule has 0 aromatic carbocycles. The lowest BCUT2D eigenvalue weighted by Crippen LogP contribution is -2.54. The zero-order chi connectivity index (χ0) is 15.3. The van der Waals surface area contributed by atoms with E-state index in [9.17, 15) is 0 Å². The first-order chi connectivity index (χ1) is 10.0. The van der Waals surface area contributed by atoms with Crippen LogP contribution in [0.3, 0.4) is 0 Å². The number of nitrogens with one attached hydrogen (secondary N) is 1. The molecule has 3 nitrogen and oxygen atoms in total. The van der Waals surface area contributed by atoms with Crippen molar-refractivity contribution >= 4 is 0 Å². The Morgan fingerprint density at radius 1 is 1.19 bits per heavy atom. The second-order valence-electron chi connectivity index (χ2n) is 7.94. The van der Waals surface area contributed by atoms with Crippen LogP contribution in [-0.2, 0) is 0 Å². The van der Waals surface area contributed by atoms with Crippen LogP contribution in [0.4, 0.5) is 0 Å². The van der Waals surface area contributed by atoms with Crippen LogP contribution >= 0.6 is 0 Å². The van der Waals surface area contributed by atoms with E-state index in [-0.39, 0.29) is 0 Å². The van der Waals surface area contributed by atoms with Crippen LogP contribution in [0.2, 0.25) is 0 Å². The molecule has 0 amide bonds. The highest BCUT2D eigenvalue weighted by Gasteiger charge is 2.36. The van der Waals surface area contributed by atoms with E-state index in [0.29, 0.717) is 5.41 Å². The highest BCUT2D eigenvalue weighted by Crippen LogP contribution is 2.38. The van der Waals surface area contributed by atoms with E-state index in [4.69, 9.17) is 0 Å². The lowest BCUT2D eigenvalue weighted by atomic mass is 9.85. The molecule has 0 aromatic rings. The van der Waals surface area contributed by atoms with Crippen molar-refractivity contribution in [1.82, 2.24) is 15.1 Å². The van der Waals surface area contributed by atoms with Gasteiger partial charge >= 0.3 is 0 Å².